The van der Waals surface area contributed by atoms with Gasteiger partial charge in [0.2, 0.25) is 0 Å². The molecule has 0 saturated carbocycles. The summed E-state index contributed by atoms with van der Waals surface area (Å²) in [6, 6.07) is 0. The molecular formula is C14H32S3. The first-order chi connectivity index (χ1) is 8.33. The van der Waals surface area contributed by atoms with Crippen LogP contribution in [0, 0.1) is 0 Å². The molecule has 0 heterocycles. The van der Waals surface area contributed by atoms with Gasteiger partial charge in [-0.3, -0.25) is 0 Å². The zero-order chi connectivity index (χ0) is 13.2. The van der Waals surface area contributed by atoms with E-state index in [1.807, 2.05) is 0 Å². The van der Waals surface area contributed by atoms with Crippen molar-refractivity contribution in [2.75, 3.05) is 17.3 Å². The summed E-state index contributed by atoms with van der Waals surface area (Å²) < 4.78 is 0. The molecule has 0 aromatic heterocycles. The summed E-state index contributed by atoms with van der Waals surface area (Å²) in [5.74, 6) is 3.13. The van der Waals surface area contributed by atoms with E-state index in [9.17, 15) is 0 Å². The predicted octanol–water partition coefficient (Wildman–Crippen LogP) is 5.68. The Morgan fingerprint density at radius 2 is 0.765 bits per heavy atom. The molecule has 0 unspecified atom stereocenters. The Kier molecular flexibility index (Phi) is 26.7. The molecule has 0 saturated heterocycles. The normalized spacial score (nSPS) is 9.88. The summed E-state index contributed by atoms with van der Waals surface area (Å²) in [6.07, 6.45) is 13.4. The molecule has 0 amide bonds. The SMILES string of the molecule is CCCCCCCCS.SCCCCCCS. The van der Waals surface area contributed by atoms with Gasteiger partial charge in [-0.15, -0.1) is 0 Å². The van der Waals surface area contributed by atoms with Crippen molar-refractivity contribution in [3.8, 4) is 0 Å². The molecule has 17 heavy (non-hydrogen) atoms. The number of thiol groups is 3. The van der Waals surface area contributed by atoms with Gasteiger partial charge in [0.05, 0.1) is 0 Å². The van der Waals surface area contributed by atoms with Gasteiger partial charge < -0.3 is 0 Å². The second-order valence-electron chi connectivity index (χ2n) is 4.35. The average Bonchev–Trinajstić information content (AvgIpc) is 2.36. The van der Waals surface area contributed by atoms with Crippen molar-refractivity contribution in [1.29, 1.82) is 0 Å². The van der Waals surface area contributed by atoms with E-state index in [1.54, 1.807) is 0 Å². The Labute approximate surface area is 126 Å². The number of hydrogen-bond acceptors (Lipinski definition) is 3. The van der Waals surface area contributed by atoms with Crippen molar-refractivity contribution in [1.82, 2.24) is 0 Å². The topological polar surface area (TPSA) is 0 Å². The summed E-state index contributed by atoms with van der Waals surface area (Å²) in [4.78, 5) is 0. The van der Waals surface area contributed by atoms with Crippen LogP contribution in [0.3, 0.4) is 0 Å². The van der Waals surface area contributed by atoms with Gasteiger partial charge in [0.25, 0.3) is 0 Å². The third kappa shape index (κ3) is 26.6. The smallest absolute Gasteiger partial charge is 0.00979 e. The second kappa shape index (κ2) is 22.2. The molecule has 0 aliphatic carbocycles. The summed E-state index contributed by atoms with van der Waals surface area (Å²) in [5.41, 5.74) is 0. The highest BCUT2D eigenvalue weighted by atomic mass is 32.1. The molecule has 106 valence electrons. The maximum Gasteiger partial charge on any atom is -0.00979 e. The largest absolute Gasteiger partial charge is 0.179 e. The fourth-order valence-corrected chi connectivity index (χ4v) is 2.14. The van der Waals surface area contributed by atoms with Crippen LogP contribution in [0.1, 0.15) is 71.1 Å². The number of rotatable bonds is 11. The summed E-state index contributed by atoms with van der Waals surface area (Å²) in [5, 5.41) is 0. The Morgan fingerprint density at radius 1 is 0.471 bits per heavy atom. The molecule has 0 aromatic rings. The lowest BCUT2D eigenvalue weighted by atomic mass is 10.1. The Morgan fingerprint density at radius 3 is 1.06 bits per heavy atom. The zero-order valence-corrected chi connectivity index (χ0v) is 14.2. The van der Waals surface area contributed by atoms with E-state index in [1.165, 1.54) is 64.2 Å². The molecule has 0 aliphatic heterocycles. The first-order valence-corrected chi connectivity index (χ1v) is 9.05. The van der Waals surface area contributed by atoms with Crippen molar-refractivity contribution in [3.05, 3.63) is 0 Å². The van der Waals surface area contributed by atoms with Crippen LogP contribution in [0.4, 0.5) is 0 Å². The first-order valence-electron chi connectivity index (χ1n) is 7.16. The van der Waals surface area contributed by atoms with Crippen LogP contribution in [-0.4, -0.2) is 17.3 Å². The molecule has 0 aliphatic rings. The number of unbranched alkanes of at least 4 members (excludes halogenated alkanes) is 8. The van der Waals surface area contributed by atoms with Crippen LogP contribution >= 0.6 is 37.9 Å². The van der Waals surface area contributed by atoms with E-state index in [4.69, 9.17) is 0 Å². The molecule has 0 radical (unpaired) electrons. The molecular weight excluding hydrogens is 264 g/mol. The van der Waals surface area contributed by atoms with Crippen molar-refractivity contribution < 1.29 is 0 Å². The van der Waals surface area contributed by atoms with E-state index in [-0.39, 0.29) is 0 Å². The Bertz CT molecular complexity index is 95.6. The van der Waals surface area contributed by atoms with Crippen molar-refractivity contribution in [2.45, 2.75) is 71.1 Å². The van der Waals surface area contributed by atoms with Gasteiger partial charge in [-0.05, 0) is 36.5 Å². The molecule has 0 rings (SSSR count). The predicted molar refractivity (Wildman–Crippen MR) is 93.4 cm³/mol. The van der Waals surface area contributed by atoms with Crippen molar-refractivity contribution >= 4 is 37.9 Å². The summed E-state index contributed by atoms with van der Waals surface area (Å²) >= 11 is 12.4. The van der Waals surface area contributed by atoms with Crippen LogP contribution in [0.2, 0.25) is 0 Å². The monoisotopic (exact) mass is 296 g/mol. The molecule has 3 heteroatoms. The quantitative estimate of drug-likeness (QED) is 0.317. The van der Waals surface area contributed by atoms with Gasteiger partial charge in [-0.1, -0.05) is 51.9 Å². The van der Waals surface area contributed by atoms with Gasteiger partial charge in [0.15, 0.2) is 0 Å². The lowest BCUT2D eigenvalue weighted by Crippen LogP contribution is -1.78. The lowest BCUT2D eigenvalue weighted by molar-refractivity contribution is 0.627. The molecule has 0 nitrogen and oxygen atoms in total. The highest BCUT2D eigenvalue weighted by Gasteiger charge is 1.86. The third-order valence-corrected chi connectivity index (χ3v) is 3.53. The zero-order valence-electron chi connectivity index (χ0n) is 11.5. The maximum absolute atomic E-state index is 4.15. The molecule has 0 atom stereocenters. The Hall–Kier alpha value is 1.05. The minimum atomic E-state index is 1.03. The molecule has 0 aromatic carbocycles. The molecule has 0 fully saturated rings. The molecule has 0 bridgehead atoms. The van der Waals surface area contributed by atoms with Crippen molar-refractivity contribution in [2.24, 2.45) is 0 Å². The average molecular weight is 297 g/mol. The minimum absolute atomic E-state index is 1.03. The van der Waals surface area contributed by atoms with Crippen LogP contribution < -0.4 is 0 Å². The van der Waals surface area contributed by atoms with E-state index in [0.717, 1.165) is 17.3 Å². The molecule has 0 spiro atoms. The summed E-state index contributed by atoms with van der Waals surface area (Å²) in [6.45, 7) is 2.25. The highest BCUT2D eigenvalue weighted by molar-refractivity contribution is 7.80. The van der Waals surface area contributed by atoms with Crippen LogP contribution in [0.15, 0.2) is 0 Å². The standard InChI is InChI=1S/C8H18S.C6H14S2/c1-2-3-4-5-6-7-8-9;7-5-3-1-2-4-6-8/h9H,2-8H2,1H3;7-8H,1-6H2. The minimum Gasteiger partial charge on any atom is -0.179 e. The van der Waals surface area contributed by atoms with Gasteiger partial charge in [-0.25, -0.2) is 0 Å². The van der Waals surface area contributed by atoms with Crippen LogP contribution in [0.5, 0.6) is 0 Å². The maximum atomic E-state index is 4.15. The molecule has 0 N–H and O–H groups in total. The second-order valence-corrected chi connectivity index (χ2v) is 5.69. The highest BCUT2D eigenvalue weighted by Crippen LogP contribution is 2.04. The van der Waals surface area contributed by atoms with Crippen LogP contribution in [-0.2, 0) is 0 Å². The Balaban J connectivity index is 0. The summed E-state index contributed by atoms with van der Waals surface area (Å²) in [7, 11) is 0. The van der Waals surface area contributed by atoms with Gasteiger partial charge >= 0.3 is 0 Å². The van der Waals surface area contributed by atoms with E-state index in [0.29, 0.717) is 0 Å². The first kappa shape index (κ1) is 20.4. The van der Waals surface area contributed by atoms with Gasteiger partial charge in [0.1, 0.15) is 0 Å². The van der Waals surface area contributed by atoms with Gasteiger partial charge in [0, 0.05) is 0 Å². The lowest BCUT2D eigenvalue weighted by Gasteiger charge is -1.95. The van der Waals surface area contributed by atoms with E-state index >= 15 is 0 Å². The van der Waals surface area contributed by atoms with E-state index < -0.39 is 0 Å². The van der Waals surface area contributed by atoms with Crippen molar-refractivity contribution in [3.63, 3.8) is 0 Å². The van der Waals surface area contributed by atoms with Crippen LogP contribution in [0.25, 0.3) is 0 Å². The van der Waals surface area contributed by atoms with E-state index in [2.05, 4.69) is 44.8 Å². The fourth-order valence-electron chi connectivity index (χ4n) is 1.47. The number of hydrogen-bond donors (Lipinski definition) is 3. The fraction of sp³-hybridized carbons (Fsp3) is 1.00. The third-order valence-electron chi connectivity index (χ3n) is 2.58. The van der Waals surface area contributed by atoms with Gasteiger partial charge in [-0.2, -0.15) is 37.9 Å².